The van der Waals surface area contributed by atoms with Crippen LogP contribution in [0.1, 0.15) is 71.1 Å². The van der Waals surface area contributed by atoms with Crippen LogP contribution in [0.3, 0.4) is 0 Å². The van der Waals surface area contributed by atoms with Gasteiger partial charge < -0.3 is 10.1 Å². The smallest absolute Gasteiger partial charge is 0.404 e. The summed E-state index contributed by atoms with van der Waals surface area (Å²) in [7, 11) is 0. The van der Waals surface area contributed by atoms with E-state index in [0.717, 1.165) is 19.3 Å². The minimum absolute atomic E-state index is 0.185. The topological polar surface area (TPSA) is 38.3 Å². The second kappa shape index (κ2) is 12.5. The van der Waals surface area contributed by atoms with E-state index in [2.05, 4.69) is 17.0 Å². The van der Waals surface area contributed by atoms with Gasteiger partial charge in [0.1, 0.15) is 0 Å². The third-order valence-electron chi connectivity index (χ3n) is 4.16. The van der Waals surface area contributed by atoms with Crippen LogP contribution in [0.4, 0.5) is 26.7 Å². The highest BCUT2D eigenvalue weighted by atomic mass is 19.2. The maximum absolute atomic E-state index is 13.4. The Labute approximate surface area is 156 Å². The van der Waals surface area contributed by atoms with Gasteiger partial charge in [-0.1, -0.05) is 64.7 Å². The molecule has 0 aliphatic heterocycles. The highest BCUT2D eigenvalue weighted by Gasteiger charge is 2.28. The normalized spacial score (nSPS) is 10.9. The average Bonchev–Trinajstić information content (AvgIpc) is 2.66. The summed E-state index contributed by atoms with van der Waals surface area (Å²) in [5.74, 6) is -12.6. The van der Waals surface area contributed by atoms with Gasteiger partial charge in [-0.2, -0.15) is 8.78 Å². The van der Waals surface area contributed by atoms with Gasteiger partial charge in [0, 0.05) is 6.54 Å². The highest BCUT2D eigenvalue weighted by Crippen LogP contribution is 2.29. The first-order valence-corrected chi connectivity index (χ1v) is 9.37. The van der Waals surface area contributed by atoms with Crippen molar-refractivity contribution in [3.8, 4) is 5.75 Å². The Bertz CT molecular complexity index is 581. The zero-order chi connectivity index (χ0) is 20.2. The summed E-state index contributed by atoms with van der Waals surface area (Å²) in [5, 5.41) is 2.23. The predicted octanol–water partition coefficient (Wildman–Crippen LogP) is 6.39. The molecule has 0 fully saturated rings. The van der Waals surface area contributed by atoms with Gasteiger partial charge in [-0.25, -0.2) is 18.0 Å². The van der Waals surface area contributed by atoms with E-state index >= 15 is 0 Å². The molecule has 0 aromatic heterocycles. The summed E-state index contributed by atoms with van der Waals surface area (Å²) in [6.07, 6.45) is 9.71. The lowest BCUT2D eigenvalue weighted by Crippen LogP contribution is -2.28. The van der Waals surface area contributed by atoms with E-state index in [1.54, 1.807) is 0 Å². The first kappa shape index (κ1) is 23.2. The van der Waals surface area contributed by atoms with Crippen molar-refractivity contribution in [1.82, 2.24) is 5.32 Å². The standard InChI is InChI=1S/C19H26F5NO2/c1-2-3-4-5-6-7-8-9-10-11-12-25-19(26)27-18-16(23)14(21)13(20)15(22)17(18)24/h2-12H2,1H3,(H,25,26). The number of nitrogens with one attached hydrogen (secondary N) is 1. The Hall–Kier alpha value is -1.86. The Morgan fingerprint density at radius 1 is 0.704 bits per heavy atom. The summed E-state index contributed by atoms with van der Waals surface area (Å²) in [6.45, 7) is 2.36. The third-order valence-corrected chi connectivity index (χ3v) is 4.16. The number of carbonyl (C=O) groups excluding carboxylic acids is 1. The van der Waals surface area contributed by atoms with Crippen LogP contribution in [-0.2, 0) is 0 Å². The van der Waals surface area contributed by atoms with Crippen molar-refractivity contribution in [2.75, 3.05) is 6.54 Å². The molecule has 0 atom stereocenters. The molecule has 3 nitrogen and oxygen atoms in total. The van der Waals surface area contributed by atoms with Crippen molar-refractivity contribution in [2.45, 2.75) is 71.1 Å². The van der Waals surface area contributed by atoms with Crippen LogP contribution in [0.25, 0.3) is 0 Å². The Morgan fingerprint density at radius 3 is 1.59 bits per heavy atom. The zero-order valence-corrected chi connectivity index (χ0v) is 15.5. The van der Waals surface area contributed by atoms with Crippen molar-refractivity contribution in [1.29, 1.82) is 0 Å². The zero-order valence-electron chi connectivity index (χ0n) is 15.5. The van der Waals surface area contributed by atoms with Crippen LogP contribution in [-0.4, -0.2) is 12.6 Å². The minimum Gasteiger partial charge on any atom is -0.404 e. The van der Waals surface area contributed by atoms with Gasteiger partial charge in [0.25, 0.3) is 0 Å². The van der Waals surface area contributed by atoms with Gasteiger partial charge in [0.2, 0.25) is 34.8 Å². The minimum atomic E-state index is -2.30. The Balaban J connectivity index is 2.22. The first-order chi connectivity index (χ1) is 12.9. The van der Waals surface area contributed by atoms with E-state index in [1.165, 1.54) is 38.5 Å². The Morgan fingerprint density at radius 2 is 1.11 bits per heavy atom. The number of hydrogen-bond acceptors (Lipinski definition) is 2. The second-order valence-electron chi connectivity index (χ2n) is 6.40. The van der Waals surface area contributed by atoms with Crippen molar-refractivity contribution in [2.24, 2.45) is 0 Å². The summed E-state index contributed by atoms with van der Waals surface area (Å²) in [4.78, 5) is 11.5. The van der Waals surface area contributed by atoms with E-state index in [0.29, 0.717) is 6.42 Å². The van der Waals surface area contributed by atoms with Crippen LogP contribution < -0.4 is 10.1 Å². The number of unbranched alkanes of at least 4 members (excludes halogenated alkanes) is 9. The van der Waals surface area contributed by atoms with E-state index < -0.39 is 40.9 Å². The maximum Gasteiger partial charge on any atom is 0.412 e. The van der Waals surface area contributed by atoms with Crippen LogP contribution >= 0.6 is 0 Å². The van der Waals surface area contributed by atoms with Gasteiger partial charge in [0.05, 0.1) is 0 Å². The molecular formula is C19H26F5NO2. The predicted molar refractivity (Wildman–Crippen MR) is 92.1 cm³/mol. The molecule has 0 spiro atoms. The SMILES string of the molecule is CCCCCCCCCCCCNC(=O)Oc1c(F)c(F)c(F)c(F)c1F. The highest BCUT2D eigenvalue weighted by molar-refractivity contribution is 5.70. The molecule has 1 amide bonds. The molecule has 27 heavy (non-hydrogen) atoms. The molecule has 0 aliphatic carbocycles. The van der Waals surface area contributed by atoms with Crippen molar-refractivity contribution in [3.05, 3.63) is 29.1 Å². The molecule has 0 saturated carbocycles. The second-order valence-corrected chi connectivity index (χ2v) is 6.40. The third kappa shape index (κ3) is 7.72. The lowest BCUT2D eigenvalue weighted by Gasteiger charge is -2.09. The molecule has 1 aromatic carbocycles. The molecule has 1 N–H and O–H groups in total. The molecule has 8 heteroatoms. The fourth-order valence-corrected chi connectivity index (χ4v) is 2.61. The lowest BCUT2D eigenvalue weighted by atomic mass is 10.1. The molecule has 0 radical (unpaired) electrons. The fraction of sp³-hybridized carbons (Fsp3) is 0.632. The van der Waals surface area contributed by atoms with E-state index in [-0.39, 0.29) is 6.54 Å². The van der Waals surface area contributed by atoms with Gasteiger partial charge in [0.15, 0.2) is 0 Å². The van der Waals surface area contributed by atoms with Gasteiger partial charge >= 0.3 is 6.09 Å². The quantitative estimate of drug-likeness (QED) is 0.193. The number of rotatable bonds is 12. The monoisotopic (exact) mass is 395 g/mol. The van der Waals surface area contributed by atoms with Crippen molar-refractivity contribution >= 4 is 6.09 Å². The molecule has 1 rings (SSSR count). The number of carbonyl (C=O) groups is 1. The summed E-state index contributed by atoms with van der Waals surface area (Å²) >= 11 is 0. The number of ether oxygens (including phenoxy) is 1. The average molecular weight is 395 g/mol. The number of amides is 1. The summed E-state index contributed by atoms with van der Waals surface area (Å²) < 4.78 is 70.0. The maximum atomic E-state index is 13.4. The summed E-state index contributed by atoms with van der Waals surface area (Å²) in [5.41, 5.74) is 0. The molecule has 154 valence electrons. The van der Waals surface area contributed by atoms with Crippen molar-refractivity contribution < 1.29 is 31.5 Å². The van der Waals surface area contributed by atoms with Crippen LogP contribution in [0.2, 0.25) is 0 Å². The fourth-order valence-electron chi connectivity index (χ4n) is 2.61. The van der Waals surface area contributed by atoms with E-state index in [4.69, 9.17) is 0 Å². The van der Waals surface area contributed by atoms with Crippen LogP contribution in [0, 0.1) is 29.1 Å². The Kier molecular flexibility index (Phi) is 10.7. The number of halogens is 5. The molecule has 0 heterocycles. The molecule has 0 saturated heterocycles. The van der Waals surface area contributed by atoms with Gasteiger partial charge in [-0.05, 0) is 6.42 Å². The molecule has 0 aliphatic rings. The molecule has 0 unspecified atom stereocenters. The van der Waals surface area contributed by atoms with Crippen molar-refractivity contribution in [3.63, 3.8) is 0 Å². The lowest BCUT2D eigenvalue weighted by molar-refractivity contribution is 0.193. The summed E-state index contributed by atoms with van der Waals surface area (Å²) in [6, 6.07) is 0. The van der Waals surface area contributed by atoms with E-state index in [9.17, 15) is 26.7 Å². The largest absolute Gasteiger partial charge is 0.412 e. The van der Waals surface area contributed by atoms with Crippen LogP contribution in [0.15, 0.2) is 0 Å². The number of benzene rings is 1. The molecular weight excluding hydrogens is 369 g/mol. The first-order valence-electron chi connectivity index (χ1n) is 9.37. The van der Waals surface area contributed by atoms with Gasteiger partial charge in [-0.15, -0.1) is 0 Å². The number of hydrogen-bond donors (Lipinski definition) is 1. The van der Waals surface area contributed by atoms with Crippen LogP contribution in [0.5, 0.6) is 5.75 Å². The molecule has 1 aromatic rings. The molecule has 0 bridgehead atoms. The van der Waals surface area contributed by atoms with E-state index in [1.807, 2.05) is 0 Å². The van der Waals surface area contributed by atoms with Gasteiger partial charge in [-0.3, -0.25) is 0 Å².